The molecule has 2 rings (SSSR count). The van der Waals surface area contributed by atoms with Gasteiger partial charge in [-0.05, 0) is 6.07 Å². The summed E-state index contributed by atoms with van der Waals surface area (Å²) in [4.78, 5) is 7.33. The molecule has 0 aliphatic rings. The Morgan fingerprint density at radius 1 is 1.46 bits per heavy atom. The van der Waals surface area contributed by atoms with Crippen molar-refractivity contribution in [2.24, 2.45) is 0 Å². The monoisotopic (exact) mass is 236 g/mol. The fraction of sp³-hybridized carbons (Fsp3) is 0.100. The molecule has 0 spiro atoms. The van der Waals surface area contributed by atoms with Crippen LogP contribution in [0.3, 0.4) is 0 Å². The van der Waals surface area contributed by atoms with E-state index < -0.39 is 0 Å². The van der Waals surface area contributed by atoms with E-state index in [1.807, 2.05) is 12.1 Å². The third-order valence-corrected chi connectivity index (χ3v) is 2.24. The molecule has 0 bridgehead atoms. The smallest absolute Gasteiger partial charge is 0.0954 e. The molecule has 0 radical (unpaired) electrons. The molecular formula is C10H9BrN2. The molecule has 1 aromatic carbocycles. The molecule has 0 atom stereocenters. The highest BCUT2D eigenvalue weighted by atomic mass is 79.9. The topological polar surface area (TPSA) is 28.7 Å². The fourth-order valence-electron chi connectivity index (χ4n) is 1.29. The SMILES string of the molecule is BrCC=Cc1cccc2[nH]cnc12. The number of allylic oxidation sites excluding steroid dienone is 1. The predicted octanol–water partition coefficient (Wildman–Crippen LogP) is 2.97. The summed E-state index contributed by atoms with van der Waals surface area (Å²) in [5.41, 5.74) is 3.26. The van der Waals surface area contributed by atoms with E-state index in [1.165, 1.54) is 0 Å². The summed E-state index contributed by atoms with van der Waals surface area (Å²) in [6.45, 7) is 0. The van der Waals surface area contributed by atoms with Crippen LogP contribution in [0, 0.1) is 0 Å². The molecule has 0 aliphatic carbocycles. The van der Waals surface area contributed by atoms with Crippen LogP contribution in [0.1, 0.15) is 5.56 Å². The number of alkyl halides is 1. The number of benzene rings is 1. The lowest BCUT2D eigenvalue weighted by Gasteiger charge is -1.93. The molecular weight excluding hydrogens is 228 g/mol. The van der Waals surface area contributed by atoms with Crippen LogP contribution in [0.2, 0.25) is 0 Å². The molecule has 2 aromatic rings. The van der Waals surface area contributed by atoms with Crippen LogP contribution in [0.5, 0.6) is 0 Å². The van der Waals surface area contributed by atoms with Crippen molar-refractivity contribution in [2.45, 2.75) is 0 Å². The van der Waals surface area contributed by atoms with Crippen LogP contribution in [0.4, 0.5) is 0 Å². The molecule has 1 aromatic heterocycles. The summed E-state index contributed by atoms with van der Waals surface area (Å²) in [5, 5.41) is 0.869. The van der Waals surface area contributed by atoms with E-state index in [2.05, 4.69) is 44.1 Å². The summed E-state index contributed by atoms with van der Waals surface area (Å²) >= 11 is 3.35. The van der Waals surface area contributed by atoms with Gasteiger partial charge in [-0.3, -0.25) is 0 Å². The quantitative estimate of drug-likeness (QED) is 0.799. The van der Waals surface area contributed by atoms with Gasteiger partial charge in [0.1, 0.15) is 0 Å². The number of imidazole rings is 1. The number of rotatable bonds is 2. The number of hydrogen-bond donors (Lipinski definition) is 1. The zero-order valence-corrected chi connectivity index (χ0v) is 8.58. The van der Waals surface area contributed by atoms with E-state index in [4.69, 9.17) is 0 Å². The first-order valence-electron chi connectivity index (χ1n) is 4.06. The molecule has 13 heavy (non-hydrogen) atoms. The van der Waals surface area contributed by atoms with Gasteiger partial charge in [0.05, 0.1) is 17.4 Å². The van der Waals surface area contributed by atoms with Crippen molar-refractivity contribution < 1.29 is 0 Å². The highest BCUT2D eigenvalue weighted by Crippen LogP contribution is 2.15. The van der Waals surface area contributed by atoms with Gasteiger partial charge in [0.15, 0.2) is 0 Å². The molecule has 0 amide bonds. The third kappa shape index (κ3) is 1.65. The number of H-pyrrole nitrogens is 1. The summed E-state index contributed by atoms with van der Waals surface area (Å²) in [7, 11) is 0. The molecule has 0 fully saturated rings. The third-order valence-electron chi connectivity index (χ3n) is 1.87. The summed E-state index contributed by atoms with van der Waals surface area (Å²) in [6.07, 6.45) is 5.84. The highest BCUT2D eigenvalue weighted by molar-refractivity contribution is 9.09. The second kappa shape index (κ2) is 3.75. The van der Waals surface area contributed by atoms with Crippen LogP contribution >= 0.6 is 15.9 Å². The Labute approximate surface area is 84.8 Å². The van der Waals surface area contributed by atoms with Gasteiger partial charge >= 0.3 is 0 Å². The molecule has 1 N–H and O–H groups in total. The molecule has 1 heterocycles. The average Bonchev–Trinajstić information content (AvgIpc) is 2.62. The Morgan fingerprint density at radius 3 is 3.23 bits per heavy atom. The average molecular weight is 237 g/mol. The van der Waals surface area contributed by atoms with Gasteiger partial charge in [-0.2, -0.15) is 0 Å². The maximum atomic E-state index is 4.25. The number of nitrogens with one attached hydrogen (secondary N) is 1. The largest absolute Gasteiger partial charge is 0.345 e. The summed E-state index contributed by atoms with van der Waals surface area (Å²) in [5.74, 6) is 0. The number of hydrogen-bond acceptors (Lipinski definition) is 1. The first-order chi connectivity index (χ1) is 6.42. The Kier molecular flexibility index (Phi) is 2.45. The Morgan fingerprint density at radius 2 is 2.38 bits per heavy atom. The second-order valence-electron chi connectivity index (χ2n) is 2.70. The van der Waals surface area contributed by atoms with E-state index in [-0.39, 0.29) is 0 Å². The van der Waals surface area contributed by atoms with Crippen LogP contribution < -0.4 is 0 Å². The van der Waals surface area contributed by atoms with E-state index in [0.717, 1.165) is 21.9 Å². The van der Waals surface area contributed by atoms with Crippen molar-refractivity contribution in [3.63, 3.8) is 0 Å². The lowest BCUT2D eigenvalue weighted by molar-refractivity contribution is 1.34. The van der Waals surface area contributed by atoms with Crippen LogP contribution in [0.25, 0.3) is 17.1 Å². The predicted molar refractivity (Wildman–Crippen MR) is 58.9 cm³/mol. The highest BCUT2D eigenvalue weighted by Gasteiger charge is 1.98. The Balaban J connectivity index is 2.54. The van der Waals surface area contributed by atoms with Gasteiger partial charge in [0.2, 0.25) is 0 Å². The number of nitrogens with zero attached hydrogens (tertiary/aromatic N) is 1. The molecule has 0 aliphatic heterocycles. The second-order valence-corrected chi connectivity index (χ2v) is 3.35. The normalized spacial score (nSPS) is 11.5. The van der Waals surface area contributed by atoms with Gasteiger partial charge in [0, 0.05) is 10.9 Å². The van der Waals surface area contributed by atoms with E-state index in [1.54, 1.807) is 6.33 Å². The molecule has 0 unspecified atom stereocenters. The van der Waals surface area contributed by atoms with Crippen LogP contribution in [0.15, 0.2) is 30.6 Å². The number of halogens is 1. The van der Waals surface area contributed by atoms with E-state index in [9.17, 15) is 0 Å². The first-order valence-corrected chi connectivity index (χ1v) is 5.18. The van der Waals surface area contributed by atoms with E-state index >= 15 is 0 Å². The van der Waals surface area contributed by atoms with Gasteiger partial charge in [-0.15, -0.1) is 0 Å². The van der Waals surface area contributed by atoms with Gasteiger partial charge in [0.25, 0.3) is 0 Å². The Hall–Kier alpha value is -1.09. The lowest BCUT2D eigenvalue weighted by Crippen LogP contribution is -1.76. The molecule has 3 heteroatoms. The molecule has 66 valence electrons. The Bertz CT molecular complexity index is 431. The fourth-order valence-corrected chi connectivity index (χ4v) is 1.48. The zero-order valence-electron chi connectivity index (χ0n) is 7.00. The first kappa shape index (κ1) is 8.51. The van der Waals surface area contributed by atoms with E-state index in [0.29, 0.717) is 0 Å². The number of para-hydroxylation sites is 1. The standard InChI is InChI=1S/C10H9BrN2/c11-6-2-4-8-3-1-5-9-10(8)13-7-12-9/h1-5,7H,6H2,(H,12,13). The number of fused-ring (bicyclic) bond motifs is 1. The summed E-state index contributed by atoms with van der Waals surface area (Å²) in [6, 6.07) is 6.10. The van der Waals surface area contributed by atoms with Crippen molar-refractivity contribution in [2.75, 3.05) is 5.33 Å². The number of aromatic nitrogens is 2. The van der Waals surface area contributed by atoms with Crippen molar-refractivity contribution >= 4 is 33.0 Å². The van der Waals surface area contributed by atoms with Gasteiger partial charge < -0.3 is 4.98 Å². The lowest BCUT2D eigenvalue weighted by atomic mass is 10.2. The molecule has 2 nitrogen and oxygen atoms in total. The maximum Gasteiger partial charge on any atom is 0.0954 e. The van der Waals surface area contributed by atoms with Gasteiger partial charge in [-0.1, -0.05) is 40.2 Å². The van der Waals surface area contributed by atoms with Crippen molar-refractivity contribution in [1.29, 1.82) is 0 Å². The zero-order chi connectivity index (χ0) is 9.10. The summed E-state index contributed by atoms with van der Waals surface area (Å²) < 4.78 is 0. The maximum absolute atomic E-state index is 4.25. The van der Waals surface area contributed by atoms with Crippen LogP contribution in [-0.4, -0.2) is 15.3 Å². The number of aromatic amines is 1. The molecule has 0 saturated carbocycles. The van der Waals surface area contributed by atoms with Crippen molar-refractivity contribution in [3.8, 4) is 0 Å². The minimum Gasteiger partial charge on any atom is -0.345 e. The minimum absolute atomic E-state index is 0.869. The van der Waals surface area contributed by atoms with Gasteiger partial charge in [-0.25, -0.2) is 4.98 Å². The van der Waals surface area contributed by atoms with Crippen LogP contribution in [-0.2, 0) is 0 Å². The minimum atomic E-state index is 0.869. The molecule has 0 saturated heterocycles. The van der Waals surface area contributed by atoms with Crippen molar-refractivity contribution in [3.05, 3.63) is 36.2 Å². The van der Waals surface area contributed by atoms with Crippen molar-refractivity contribution in [1.82, 2.24) is 9.97 Å².